The summed E-state index contributed by atoms with van der Waals surface area (Å²) in [5.41, 5.74) is -1.09. The van der Waals surface area contributed by atoms with Gasteiger partial charge in [-0.15, -0.1) is 0 Å². The lowest BCUT2D eigenvalue weighted by Gasteiger charge is -2.31. The number of carbonyl (C=O) groups excluding carboxylic acids is 1. The molecule has 1 aromatic carbocycles. The van der Waals surface area contributed by atoms with E-state index in [-0.39, 0.29) is 17.4 Å². The van der Waals surface area contributed by atoms with E-state index in [1.165, 1.54) is 33.0 Å². The molecule has 0 saturated heterocycles. The number of carboxylic acids is 1. The highest BCUT2D eigenvalue weighted by atomic mass is 35.5. The molecule has 1 N–H and O–H groups in total. The van der Waals surface area contributed by atoms with Crippen LogP contribution in [0.1, 0.15) is 24.2 Å². The third-order valence-corrected chi connectivity index (χ3v) is 3.62. The molecule has 0 spiro atoms. The van der Waals surface area contributed by atoms with E-state index in [0.717, 1.165) is 4.90 Å². The number of hydrogen-bond acceptors (Lipinski definition) is 4. The van der Waals surface area contributed by atoms with Gasteiger partial charge in [-0.1, -0.05) is 11.6 Å². The Balaban J connectivity index is 2.35. The molecule has 1 heterocycles. The number of halogens is 1. The van der Waals surface area contributed by atoms with Gasteiger partial charge >= 0.3 is 5.97 Å². The Morgan fingerprint density at radius 1 is 1.35 bits per heavy atom. The minimum Gasteiger partial charge on any atom is -0.480 e. The van der Waals surface area contributed by atoms with Gasteiger partial charge in [0.15, 0.2) is 11.5 Å². The second-order valence-corrected chi connectivity index (χ2v) is 5.33. The van der Waals surface area contributed by atoms with Crippen LogP contribution in [0.3, 0.4) is 0 Å². The monoisotopic (exact) mass is 299 g/mol. The van der Waals surface area contributed by atoms with Gasteiger partial charge < -0.3 is 19.5 Å². The third-order valence-electron chi connectivity index (χ3n) is 3.34. The van der Waals surface area contributed by atoms with E-state index in [2.05, 4.69) is 0 Å². The molecule has 0 saturated carbocycles. The van der Waals surface area contributed by atoms with E-state index in [0.29, 0.717) is 11.5 Å². The summed E-state index contributed by atoms with van der Waals surface area (Å²) >= 11 is 6.01. The minimum atomic E-state index is -1.33. The molecule has 0 unspecified atom stereocenters. The van der Waals surface area contributed by atoms with Crippen molar-refractivity contribution in [2.75, 3.05) is 13.8 Å². The fraction of sp³-hybridized carbons (Fsp3) is 0.385. The zero-order valence-corrected chi connectivity index (χ0v) is 12.0. The Morgan fingerprint density at radius 3 is 2.60 bits per heavy atom. The first-order valence-electron chi connectivity index (χ1n) is 5.86. The highest BCUT2D eigenvalue weighted by molar-refractivity contribution is 6.32. The highest BCUT2D eigenvalue weighted by Crippen LogP contribution is 2.40. The average molecular weight is 300 g/mol. The smallest absolute Gasteiger partial charge is 0.329 e. The Bertz CT molecular complexity index is 584. The highest BCUT2D eigenvalue weighted by Gasteiger charge is 2.36. The average Bonchev–Trinajstić information content (AvgIpc) is 2.85. The van der Waals surface area contributed by atoms with E-state index in [4.69, 9.17) is 26.2 Å². The third kappa shape index (κ3) is 2.27. The predicted molar refractivity (Wildman–Crippen MR) is 71.4 cm³/mol. The first-order valence-corrected chi connectivity index (χ1v) is 6.23. The van der Waals surface area contributed by atoms with Crippen LogP contribution >= 0.6 is 11.6 Å². The normalized spacial score (nSPS) is 13.2. The van der Waals surface area contributed by atoms with E-state index in [1.54, 1.807) is 0 Å². The number of carbonyl (C=O) groups is 2. The maximum atomic E-state index is 12.4. The van der Waals surface area contributed by atoms with Crippen LogP contribution in [0.4, 0.5) is 0 Å². The van der Waals surface area contributed by atoms with Gasteiger partial charge in [0.1, 0.15) is 5.54 Å². The molecule has 0 bridgehead atoms. The van der Waals surface area contributed by atoms with Gasteiger partial charge in [0.2, 0.25) is 6.79 Å². The number of amides is 1. The van der Waals surface area contributed by atoms with E-state index >= 15 is 0 Å². The topological polar surface area (TPSA) is 76.1 Å². The fourth-order valence-electron chi connectivity index (χ4n) is 1.68. The van der Waals surface area contributed by atoms with Gasteiger partial charge in [0, 0.05) is 12.6 Å². The SMILES string of the molecule is CN(C(=O)c1cc(Cl)c2c(c1)OCO2)C(C)(C)C(=O)O. The molecule has 1 aliphatic rings. The molecule has 0 fully saturated rings. The van der Waals surface area contributed by atoms with Gasteiger partial charge in [0.05, 0.1) is 5.02 Å². The summed E-state index contributed by atoms with van der Waals surface area (Å²) in [6.07, 6.45) is 0. The van der Waals surface area contributed by atoms with Crippen LogP contribution in [0.15, 0.2) is 12.1 Å². The lowest BCUT2D eigenvalue weighted by Crippen LogP contribution is -2.50. The molecule has 108 valence electrons. The van der Waals surface area contributed by atoms with Crippen molar-refractivity contribution in [3.8, 4) is 11.5 Å². The molecule has 1 aromatic rings. The number of ether oxygens (including phenoxy) is 2. The summed E-state index contributed by atoms with van der Waals surface area (Å²) in [5, 5.41) is 9.41. The number of likely N-dealkylation sites (N-methyl/N-ethyl adjacent to an activating group) is 1. The largest absolute Gasteiger partial charge is 0.480 e. The maximum Gasteiger partial charge on any atom is 0.329 e. The van der Waals surface area contributed by atoms with Crippen LogP contribution in [0.25, 0.3) is 0 Å². The number of hydrogen-bond donors (Lipinski definition) is 1. The molecule has 20 heavy (non-hydrogen) atoms. The number of nitrogens with zero attached hydrogens (tertiary/aromatic N) is 1. The lowest BCUT2D eigenvalue weighted by atomic mass is 10.0. The van der Waals surface area contributed by atoms with Crippen LogP contribution < -0.4 is 9.47 Å². The Kier molecular flexibility index (Phi) is 3.52. The van der Waals surface area contributed by atoms with Gasteiger partial charge in [-0.05, 0) is 26.0 Å². The van der Waals surface area contributed by atoms with E-state index in [9.17, 15) is 9.59 Å². The van der Waals surface area contributed by atoms with Gasteiger partial charge in [-0.2, -0.15) is 0 Å². The summed E-state index contributed by atoms with van der Waals surface area (Å²) < 4.78 is 10.3. The van der Waals surface area contributed by atoms with Gasteiger partial charge in [-0.25, -0.2) is 4.79 Å². The zero-order valence-electron chi connectivity index (χ0n) is 11.3. The number of aliphatic carboxylic acids is 1. The minimum absolute atomic E-state index is 0.0448. The summed E-state index contributed by atoms with van der Waals surface area (Å²) in [7, 11) is 1.43. The van der Waals surface area contributed by atoms with Gasteiger partial charge in [0.25, 0.3) is 5.91 Å². The molecule has 7 heteroatoms. The Hall–Kier alpha value is -1.95. The van der Waals surface area contributed by atoms with Crippen molar-refractivity contribution in [2.24, 2.45) is 0 Å². The molecule has 0 radical (unpaired) electrons. The van der Waals surface area contributed by atoms with Crippen LogP contribution in [-0.2, 0) is 4.79 Å². The van der Waals surface area contributed by atoms with Gasteiger partial charge in [-0.3, -0.25) is 4.79 Å². The molecule has 2 rings (SSSR count). The first-order chi connectivity index (χ1) is 9.25. The maximum absolute atomic E-state index is 12.4. The second kappa shape index (κ2) is 4.86. The number of carboxylic acid groups (broad SMARTS) is 1. The molecular formula is C13H14ClNO5. The molecule has 0 aliphatic carbocycles. The summed E-state index contributed by atoms with van der Waals surface area (Å²) in [6, 6.07) is 2.93. The Morgan fingerprint density at radius 2 is 2.00 bits per heavy atom. The second-order valence-electron chi connectivity index (χ2n) is 4.92. The fourth-order valence-corrected chi connectivity index (χ4v) is 1.95. The standard InChI is InChI=1S/C13H14ClNO5/c1-13(2,12(17)18)15(3)11(16)7-4-8(14)10-9(5-7)19-6-20-10/h4-5H,6H2,1-3H3,(H,17,18). The zero-order chi connectivity index (χ0) is 15.1. The van der Waals surface area contributed by atoms with E-state index in [1.807, 2.05) is 0 Å². The van der Waals surface area contributed by atoms with Crippen LogP contribution in [-0.4, -0.2) is 41.3 Å². The molecule has 6 nitrogen and oxygen atoms in total. The van der Waals surface area contributed by atoms with E-state index < -0.39 is 17.4 Å². The summed E-state index contributed by atoms with van der Waals surface area (Å²) in [5.74, 6) is -0.788. The van der Waals surface area contributed by atoms with Crippen molar-refractivity contribution in [1.29, 1.82) is 0 Å². The first kappa shape index (κ1) is 14.5. The summed E-state index contributed by atoms with van der Waals surface area (Å²) in [4.78, 5) is 24.7. The molecule has 1 aliphatic heterocycles. The van der Waals surface area contributed by atoms with Crippen LogP contribution in [0.5, 0.6) is 11.5 Å². The molecule has 0 aromatic heterocycles. The van der Waals surface area contributed by atoms with Crippen molar-refractivity contribution in [3.05, 3.63) is 22.7 Å². The van der Waals surface area contributed by atoms with Crippen molar-refractivity contribution >= 4 is 23.5 Å². The number of fused-ring (bicyclic) bond motifs is 1. The quantitative estimate of drug-likeness (QED) is 0.924. The molecule has 1 amide bonds. The van der Waals surface area contributed by atoms with Crippen molar-refractivity contribution < 1.29 is 24.2 Å². The molecular weight excluding hydrogens is 286 g/mol. The molecule has 0 atom stereocenters. The number of rotatable bonds is 3. The van der Waals surface area contributed by atoms with Crippen molar-refractivity contribution in [2.45, 2.75) is 19.4 Å². The number of benzene rings is 1. The van der Waals surface area contributed by atoms with Crippen molar-refractivity contribution in [1.82, 2.24) is 4.90 Å². The van der Waals surface area contributed by atoms with Crippen molar-refractivity contribution in [3.63, 3.8) is 0 Å². The lowest BCUT2D eigenvalue weighted by molar-refractivity contribution is -0.147. The summed E-state index contributed by atoms with van der Waals surface area (Å²) in [6.45, 7) is 2.94. The van der Waals surface area contributed by atoms with Crippen LogP contribution in [0, 0.1) is 0 Å². The van der Waals surface area contributed by atoms with Crippen LogP contribution in [0.2, 0.25) is 5.02 Å². The predicted octanol–water partition coefficient (Wildman–Crippen LogP) is 2.00. The Labute approximate surface area is 120 Å².